The molecule has 0 aliphatic heterocycles. The molecule has 0 atom stereocenters. The number of rotatable bonds is 8. The minimum absolute atomic E-state index is 0.116. The Hall–Kier alpha value is -4.64. The van der Waals surface area contributed by atoms with E-state index >= 15 is 0 Å². The zero-order valence-corrected chi connectivity index (χ0v) is 19.5. The number of hydrogen-bond donors (Lipinski definition) is 0. The highest BCUT2D eigenvalue weighted by molar-refractivity contribution is 6.30. The third-order valence-electron chi connectivity index (χ3n) is 4.89. The van der Waals surface area contributed by atoms with Gasteiger partial charge in [-0.3, -0.25) is 0 Å². The molecule has 2 heterocycles. The maximum Gasteiger partial charge on any atom is 0.257 e. The van der Waals surface area contributed by atoms with Crippen LogP contribution >= 0.6 is 11.6 Å². The van der Waals surface area contributed by atoms with Gasteiger partial charge in [-0.1, -0.05) is 53.2 Å². The summed E-state index contributed by atoms with van der Waals surface area (Å²) >= 11 is 6.17. The predicted molar refractivity (Wildman–Crippen MR) is 127 cm³/mol. The molecular formula is C24H17ClFN7O3. The fraction of sp³-hybridized carbons (Fsp3) is 0.0833. The van der Waals surface area contributed by atoms with Gasteiger partial charge in [0.15, 0.2) is 12.3 Å². The van der Waals surface area contributed by atoms with Crippen molar-refractivity contribution in [3.63, 3.8) is 0 Å². The molecule has 0 spiro atoms. The summed E-state index contributed by atoms with van der Waals surface area (Å²) in [7, 11) is 1.70. The first kappa shape index (κ1) is 23.1. The number of halogens is 2. The number of benzene rings is 3. The van der Waals surface area contributed by atoms with E-state index < -0.39 is 5.82 Å². The van der Waals surface area contributed by atoms with Gasteiger partial charge in [0.05, 0.1) is 5.56 Å². The molecule has 0 fully saturated rings. The summed E-state index contributed by atoms with van der Waals surface area (Å²) < 4.78 is 26.6. The van der Waals surface area contributed by atoms with Crippen LogP contribution in [0.3, 0.4) is 0 Å². The minimum Gasteiger partial charge on any atom is -0.456 e. The molecule has 3 aromatic carbocycles. The zero-order chi connectivity index (χ0) is 24.9. The van der Waals surface area contributed by atoms with E-state index in [1.165, 1.54) is 16.8 Å². The van der Waals surface area contributed by atoms with E-state index in [1.54, 1.807) is 37.4 Å². The van der Waals surface area contributed by atoms with Crippen LogP contribution in [-0.4, -0.2) is 36.1 Å². The van der Waals surface area contributed by atoms with Gasteiger partial charge in [0.2, 0.25) is 5.82 Å². The minimum atomic E-state index is -0.423. The Labute approximate surface area is 208 Å². The average Bonchev–Trinajstić information content (AvgIpc) is 3.53. The Balaban J connectivity index is 1.37. The molecule has 0 N–H and O–H groups in total. The number of tetrazole rings is 1. The first-order chi connectivity index (χ1) is 17.6. The first-order valence-corrected chi connectivity index (χ1v) is 11.0. The molecule has 2 aromatic heterocycles. The molecular weight excluding hydrogens is 489 g/mol. The molecule has 0 aliphatic carbocycles. The van der Waals surface area contributed by atoms with Gasteiger partial charge in [-0.2, -0.15) is 0 Å². The smallest absolute Gasteiger partial charge is 0.257 e. The van der Waals surface area contributed by atoms with Crippen molar-refractivity contribution in [3.05, 3.63) is 101 Å². The fourth-order valence-corrected chi connectivity index (χ4v) is 3.41. The lowest BCUT2D eigenvalue weighted by Crippen LogP contribution is -2.12. The first-order valence-electron chi connectivity index (χ1n) is 10.6. The fourth-order valence-electron chi connectivity index (χ4n) is 3.24. The van der Waals surface area contributed by atoms with E-state index in [9.17, 15) is 4.39 Å². The van der Waals surface area contributed by atoms with Crippen LogP contribution in [0.25, 0.3) is 11.5 Å². The Morgan fingerprint density at radius 3 is 2.67 bits per heavy atom. The van der Waals surface area contributed by atoms with Gasteiger partial charge in [-0.25, -0.2) is 9.07 Å². The molecule has 0 radical (unpaired) electrons. The topological polar surface area (TPSA) is 113 Å². The van der Waals surface area contributed by atoms with Crippen LogP contribution < -0.4 is 4.74 Å². The second kappa shape index (κ2) is 10.3. The average molecular weight is 506 g/mol. The van der Waals surface area contributed by atoms with E-state index in [0.29, 0.717) is 33.6 Å². The molecule has 180 valence electrons. The number of aryl methyl sites for hydroxylation is 1. The zero-order valence-electron chi connectivity index (χ0n) is 18.7. The van der Waals surface area contributed by atoms with Crippen molar-refractivity contribution in [2.45, 2.75) is 6.61 Å². The van der Waals surface area contributed by atoms with Crippen molar-refractivity contribution in [2.75, 3.05) is 0 Å². The standard InChI is InChI=1S/C24H17ClFN7O3/c1-33-23(28-31-32-33)22(15-6-3-2-4-7-15)30-34-14-21-27-29-24(36-21)19-12-16(25)10-11-20(19)35-18-9-5-8-17(26)13-18/h2-13H,14H2,1H3/b30-22-. The quantitative estimate of drug-likeness (QED) is 0.218. The summed E-state index contributed by atoms with van der Waals surface area (Å²) in [6.45, 7) is -0.116. The summed E-state index contributed by atoms with van der Waals surface area (Å²) in [6.07, 6.45) is 0. The van der Waals surface area contributed by atoms with Gasteiger partial charge >= 0.3 is 0 Å². The Morgan fingerprint density at radius 2 is 1.89 bits per heavy atom. The van der Waals surface area contributed by atoms with Crippen molar-refractivity contribution in [1.82, 2.24) is 30.4 Å². The molecule has 0 bridgehead atoms. The van der Waals surface area contributed by atoms with Crippen molar-refractivity contribution >= 4 is 17.3 Å². The van der Waals surface area contributed by atoms with Crippen LogP contribution in [0, 0.1) is 5.82 Å². The third-order valence-corrected chi connectivity index (χ3v) is 5.12. The number of nitrogens with zero attached hydrogens (tertiary/aromatic N) is 7. The monoisotopic (exact) mass is 505 g/mol. The van der Waals surface area contributed by atoms with E-state index in [4.69, 9.17) is 25.6 Å². The lowest BCUT2D eigenvalue weighted by atomic mass is 10.1. The molecule has 0 aliphatic rings. The van der Waals surface area contributed by atoms with Crippen LogP contribution in [0.1, 0.15) is 17.3 Å². The summed E-state index contributed by atoms with van der Waals surface area (Å²) in [6, 6.07) is 20.0. The van der Waals surface area contributed by atoms with E-state index in [1.807, 2.05) is 30.3 Å². The SMILES string of the molecule is Cn1nnnc1/C(=N\OCc1nnc(-c2cc(Cl)ccc2Oc2cccc(F)c2)o1)c1ccccc1. The lowest BCUT2D eigenvalue weighted by Gasteiger charge is -2.09. The van der Waals surface area contributed by atoms with Gasteiger partial charge < -0.3 is 14.0 Å². The second-order valence-electron chi connectivity index (χ2n) is 7.41. The van der Waals surface area contributed by atoms with Crippen LogP contribution in [0.15, 0.2) is 82.4 Å². The Bertz CT molecular complexity index is 1520. The van der Waals surface area contributed by atoms with Gasteiger partial charge in [-0.15, -0.1) is 15.3 Å². The number of aromatic nitrogens is 6. The van der Waals surface area contributed by atoms with Crippen molar-refractivity contribution < 1.29 is 18.4 Å². The van der Waals surface area contributed by atoms with Crippen molar-refractivity contribution in [1.29, 1.82) is 0 Å². The van der Waals surface area contributed by atoms with Gasteiger partial charge in [0.25, 0.3) is 11.8 Å². The summed E-state index contributed by atoms with van der Waals surface area (Å²) in [5.74, 6) is 0.974. The van der Waals surface area contributed by atoms with Gasteiger partial charge in [0.1, 0.15) is 17.3 Å². The lowest BCUT2D eigenvalue weighted by molar-refractivity contribution is 0.111. The molecule has 5 aromatic rings. The highest BCUT2D eigenvalue weighted by atomic mass is 35.5. The van der Waals surface area contributed by atoms with Crippen LogP contribution in [0.2, 0.25) is 5.02 Å². The van der Waals surface area contributed by atoms with Crippen LogP contribution in [0.4, 0.5) is 4.39 Å². The molecule has 5 rings (SSSR count). The van der Waals surface area contributed by atoms with Gasteiger partial charge in [0, 0.05) is 23.7 Å². The van der Waals surface area contributed by atoms with E-state index in [2.05, 4.69) is 30.9 Å². The molecule has 12 heteroatoms. The van der Waals surface area contributed by atoms with E-state index in [-0.39, 0.29) is 18.4 Å². The summed E-state index contributed by atoms with van der Waals surface area (Å²) in [5.41, 5.74) is 1.63. The Morgan fingerprint density at radius 1 is 1.03 bits per heavy atom. The predicted octanol–water partition coefficient (Wildman–Crippen LogP) is 4.81. The maximum absolute atomic E-state index is 13.6. The maximum atomic E-state index is 13.6. The molecule has 0 unspecified atom stereocenters. The molecule has 0 amide bonds. The summed E-state index contributed by atoms with van der Waals surface area (Å²) in [4.78, 5) is 5.51. The van der Waals surface area contributed by atoms with Crippen LogP contribution in [-0.2, 0) is 18.5 Å². The number of oxime groups is 1. The van der Waals surface area contributed by atoms with Crippen LogP contribution in [0.5, 0.6) is 11.5 Å². The highest BCUT2D eigenvalue weighted by Crippen LogP contribution is 2.35. The highest BCUT2D eigenvalue weighted by Gasteiger charge is 2.18. The normalized spacial score (nSPS) is 11.5. The molecule has 36 heavy (non-hydrogen) atoms. The number of ether oxygens (including phenoxy) is 1. The second-order valence-corrected chi connectivity index (χ2v) is 7.84. The van der Waals surface area contributed by atoms with Crippen molar-refractivity contribution in [3.8, 4) is 23.0 Å². The summed E-state index contributed by atoms with van der Waals surface area (Å²) in [5, 5.41) is 24.3. The van der Waals surface area contributed by atoms with E-state index in [0.717, 1.165) is 5.56 Å². The van der Waals surface area contributed by atoms with Crippen molar-refractivity contribution in [2.24, 2.45) is 12.2 Å². The molecule has 0 saturated carbocycles. The number of hydrogen-bond acceptors (Lipinski definition) is 9. The van der Waals surface area contributed by atoms with Gasteiger partial charge in [-0.05, 0) is 40.8 Å². The Kier molecular flexibility index (Phi) is 6.63. The third kappa shape index (κ3) is 5.20. The largest absolute Gasteiger partial charge is 0.456 e. The molecule has 0 saturated heterocycles. The molecule has 10 nitrogen and oxygen atoms in total.